The van der Waals surface area contributed by atoms with E-state index in [4.69, 9.17) is 16.3 Å². The molecule has 22 heavy (non-hydrogen) atoms. The molecule has 0 spiro atoms. The van der Waals surface area contributed by atoms with Gasteiger partial charge in [0, 0.05) is 23.9 Å². The Morgan fingerprint density at radius 3 is 2.68 bits per heavy atom. The zero-order valence-electron chi connectivity index (χ0n) is 11.5. The zero-order chi connectivity index (χ0) is 16.1. The second kappa shape index (κ2) is 6.77. The van der Waals surface area contributed by atoms with Gasteiger partial charge in [-0.15, -0.1) is 0 Å². The van der Waals surface area contributed by atoms with Crippen LogP contribution in [0.2, 0.25) is 5.02 Å². The molecular weight excluding hydrogens is 310 g/mol. The first-order valence-electron chi connectivity index (χ1n) is 6.15. The number of urea groups is 1. The summed E-state index contributed by atoms with van der Waals surface area (Å²) < 4.78 is 5.05. The van der Waals surface area contributed by atoms with Gasteiger partial charge < -0.3 is 15.4 Å². The smallest absolute Gasteiger partial charge is 0.323 e. The third-order valence-electron chi connectivity index (χ3n) is 2.74. The number of nitro groups is 1. The molecule has 0 unspecified atom stereocenters. The molecule has 114 valence electrons. The summed E-state index contributed by atoms with van der Waals surface area (Å²) in [6.45, 7) is 0. The number of nitro benzene ring substituents is 1. The molecule has 2 aromatic rings. The summed E-state index contributed by atoms with van der Waals surface area (Å²) in [5.41, 5.74) is 0.496. The molecule has 0 aliphatic rings. The van der Waals surface area contributed by atoms with Crippen molar-refractivity contribution < 1.29 is 14.5 Å². The molecule has 0 atom stereocenters. The normalized spacial score (nSPS) is 9.91. The average Bonchev–Trinajstić information content (AvgIpc) is 2.49. The minimum Gasteiger partial charge on any atom is -0.497 e. The second-order valence-corrected chi connectivity index (χ2v) is 4.64. The van der Waals surface area contributed by atoms with E-state index < -0.39 is 11.0 Å². The van der Waals surface area contributed by atoms with Gasteiger partial charge in [0.25, 0.3) is 5.69 Å². The number of benzene rings is 2. The van der Waals surface area contributed by atoms with E-state index in [0.717, 1.165) is 0 Å². The third kappa shape index (κ3) is 3.86. The van der Waals surface area contributed by atoms with Crippen LogP contribution in [0.5, 0.6) is 5.75 Å². The highest BCUT2D eigenvalue weighted by Crippen LogP contribution is 2.27. The van der Waals surface area contributed by atoms with E-state index in [1.165, 1.54) is 25.3 Å². The monoisotopic (exact) mass is 321 g/mol. The highest BCUT2D eigenvalue weighted by molar-refractivity contribution is 6.33. The molecular formula is C14H12ClN3O4. The Labute approximate surface area is 131 Å². The quantitative estimate of drug-likeness (QED) is 0.659. The first-order valence-corrected chi connectivity index (χ1v) is 6.53. The molecule has 2 amide bonds. The molecule has 0 radical (unpaired) electrons. The largest absolute Gasteiger partial charge is 0.497 e. The van der Waals surface area contributed by atoms with Gasteiger partial charge in [-0.2, -0.15) is 0 Å². The van der Waals surface area contributed by atoms with Gasteiger partial charge in [0.15, 0.2) is 0 Å². The van der Waals surface area contributed by atoms with Gasteiger partial charge >= 0.3 is 6.03 Å². The molecule has 0 saturated carbocycles. The fourth-order valence-electron chi connectivity index (χ4n) is 1.71. The van der Waals surface area contributed by atoms with Crippen molar-refractivity contribution in [2.45, 2.75) is 0 Å². The molecule has 0 saturated heterocycles. The van der Waals surface area contributed by atoms with Crippen LogP contribution in [-0.4, -0.2) is 18.1 Å². The molecule has 0 fully saturated rings. The van der Waals surface area contributed by atoms with Gasteiger partial charge in [0.2, 0.25) is 0 Å². The Kier molecular flexibility index (Phi) is 4.80. The van der Waals surface area contributed by atoms with Gasteiger partial charge in [0.1, 0.15) is 5.75 Å². The number of methoxy groups -OCH3 is 1. The van der Waals surface area contributed by atoms with E-state index in [1.807, 2.05) is 0 Å². The number of nitrogens with one attached hydrogen (secondary N) is 2. The topological polar surface area (TPSA) is 93.5 Å². The van der Waals surface area contributed by atoms with Gasteiger partial charge in [-0.1, -0.05) is 17.7 Å². The SMILES string of the molecule is COc1cccc(NC(=O)Nc2cc([N+](=O)[O-])ccc2Cl)c1. The van der Waals surface area contributed by atoms with Crippen LogP contribution in [0.3, 0.4) is 0 Å². The average molecular weight is 322 g/mol. The lowest BCUT2D eigenvalue weighted by Crippen LogP contribution is -2.19. The first-order chi connectivity index (χ1) is 10.5. The molecule has 2 N–H and O–H groups in total. The lowest BCUT2D eigenvalue weighted by molar-refractivity contribution is -0.384. The first kappa shape index (κ1) is 15.6. The summed E-state index contributed by atoms with van der Waals surface area (Å²) in [6, 6.07) is 9.98. The molecule has 0 aromatic heterocycles. The Morgan fingerprint density at radius 1 is 1.23 bits per heavy atom. The minimum atomic E-state index is -0.573. The van der Waals surface area contributed by atoms with E-state index in [2.05, 4.69) is 10.6 Å². The number of hydrogen-bond acceptors (Lipinski definition) is 4. The predicted molar refractivity (Wildman–Crippen MR) is 83.7 cm³/mol. The van der Waals surface area contributed by atoms with Crippen LogP contribution in [-0.2, 0) is 0 Å². The van der Waals surface area contributed by atoms with Crippen molar-refractivity contribution in [3.63, 3.8) is 0 Å². The summed E-state index contributed by atoms with van der Waals surface area (Å²) in [4.78, 5) is 22.1. The van der Waals surface area contributed by atoms with Crippen molar-refractivity contribution in [3.05, 3.63) is 57.6 Å². The van der Waals surface area contributed by atoms with E-state index in [9.17, 15) is 14.9 Å². The van der Waals surface area contributed by atoms with Crippen molar-refractivity contribution in [1.29, 1.82) is 0 Å². The van der Waals surface area contributed by atoms with Gasteiger partial charge in [-0.25, -0.2) is 4.79 Å². The third-order valence-corrected chi connectivity index (χ3v) is 3.07. The fraction of sp³-hybridized carbons (Fsp3) is 0.0714. The van der Waals surface area contributed by atoms with Crippen LogP contribution in [0.4, 0.5) is 21.9 Å². The Hall–Kier alpha value is -2.80. The van der Waals surface area contributed by atoms with Crippen LogP contribution < -0.4 is 15.4 Å². The molecule has 0 heterocycles. The minimum absolute atomic E-state index is 0.149. The predicted octanol–water partition coefficient (Wildman–Crippen LogP) is 3.90. The number of non-ortho nitro benzene ring substituents is 1. The van der Waals surface area contributed by atoms with Crippen LogP contribution >= 0.6 is 11.6 Å². The molecule has 8 heteroatoms. The number of anilines is 2. The maximum Gasteiger partial charge on any atom is 0.323 e. The molecule has 0 bridgehead atoms. The van der Waals surface area contributed by atoms with Gasteiger partial charge in [-0.05, 0) is 18.2 Å². The highest BCUT2D eigenvalue weighted by atomic mass is 35.5. The van der Waals surface area contributed by atoms with Gasteiger partial charge in [0.05, 0.1) is 22.7 Å². The van der Waals surface area contributed by atoms with Crippen molar-refractivity contribution in [1.82, 2.24) is 0 Å². The van der Waals surface area contributed by atoms with Crippen LogP contribution in [0.1, 0.15) is 0 Å². The number of carbonyl (C=O) groups excluding carboxylic acids is 1. The number of ether oxygens (including phenoxy) is 1. The molecule has 2 rings (SSSR count). The Balaban J connectivity index is 2.11. The summed E-state index contributed by atoms with van der Waals surface area (Å²) in [5.74, 6) is 0.589. The van der Waals surface area contributed by atoms with Crippen molar-refractivity contribution >= 4 is 34.7 Å². The number of carbonyl (C=O) groups is 1. The molecule has 2 aromatic carbocycles. The van der Waals surface area contributed by atoms with Crippen LogP contribution in [0, 0.1) is 10.1 Å². The fourth-order valence-corrected chi connectivity index (χ4v) is 1.87. The Morgan fingerprint density at radius 2 is 2.00 bits per heavy atom. The standard InChI is InChI=1S/C14H12ClN3O4/c1-22-11-4-2-3-9(7-11)16-14(19)17-13-8-10(18(20)21)5-6-12(13)15/h2-8H,1H3,(H2,16,17,19). The lowest BCUT2D eigenvalue weighted by Gasteiger charge is -2.09. The summed E-state index contributed by atoms with van der Waals surface area (Å²) >= 11 is 5.91. The van der Waals surface area contributed by atoms with Crippen molar-refractivity contribution in [2.75, 3.05) is 17.7 Å². The van der Waals surface area contributed by atoms with Crippen LogP contribution in [0.25, 0.3) is 0 Å². The molecule has 0 aliphatic carbocycles. The number of halogens is 1. The van der Waals surface area contributed by atoms with E-state index in [-0.39, 0.29) is 16.4 Å². The van der Waals surface area contributed by atoms with E-state index in [0.29, 0.717) is 11.4 Å². The number of rotatable bonds is 4. The second-order valence-electron chi connectivity index (χ2n) is 4.23. The Bertz CT molecular complexity index is 721. The maximum atomic E-state index is 11.9. The molecule has 7 nitrogen and oxygen atoms in total. The number of hydrogen-bond donors (Lipinski definition) is 2. The van der Waals surface area contributed by atoms with Crippen molar-refractivity contribution in [2.24, 2.45) is 0 Å². The number of amides is 2. The highest BCUT2D eigenvalue weighted by Gasteiger charge is 2.12. The zero-order valence-corrected chi connectivity index (χ0v) is 12.3. The lowest BCUT2D eigenvalue weighted by atomic mass is 10.3. The van der Waals surface area contributed by atoms with Crippen LogP contribution in [0.15, 0.2) is 42.5 Å². The summed E-state index contributed by atoms with van der Waals surface area (Å²) in [5, 5.41) is 16.0. The number of nitrogens with zero attached hydrogens (tertiary/aromatic N) is 1. The maximum absolute atomic E-state index is 11.9. The molecule has 0 aliphatic heterocycles. The van der Waals surface area contributed by atoms with Gasteiger partial charge in [-0.3, -0.25) is 10.1 Å². The summed E-state index contributed by atoms with van der Waals surface area (Å²) in [6.07, 6.45) is 0. The van der Waals surface area contributed by atoms with E-state index >= 15 is 0 Å². The summed E-state index contributed by atoms with van der Waals surface area (Å²) in [7, 11) is 1.52. The van der Waals surface area contributed by atoms with E-state index in [1.54, 1.807) is 24.3 Å². The van der Waals surface area contributed by atoms with Crippen molar-refractivity contribution in [3.8, 4) is 5.75 Å².